The standard InChI is InChI=1S/C52H34N8/c1-2-18-42-41(17-1)49-51(59(55-53-49)35-29-25-33(26-30-35)57-45-21-9-5-13-37(45)38-14-6-10-22-46(38)57)43-19-3-4-20-44(43)52-50(42)54-56-60(52)36-31-27-34(28-32-36)58-47-23-11-7-15-39(47)40-16-8-12-24-48(40)58/h1-32,53,55H. The van der Waals surface area contributed by atoms with Gasteiger partial charge in [-0.15, -0.1) is 5.10 Å². The fourth-order valence-electron chi connectivity index (χ4n) is 9.57. The summed E-state index contributed by atoms with van der Waals surface area (Å²) in [4.78, 5) is 0. The van der Waals surface area contributed by atoms with Crippen molar-refractivity contribution in [1.29, 1.82) is 0 Å². The Morgan fingerprint density at radius 3 is 1.27 bits per heavy atom. The molecule has 11 aromatic rings. The summed E-state index contributed by atoms with van der Waals surface area (Å²) in [6.45, 7) is 0. The number of hydrogen-bond donors (Lipinski definition) is 2. The first-order chi connectivity index (χ1) is 29.8. The van der Waals surface area contributed by atoms with Crippen LogP contribution in [-0.2, 0) is 0 Å². The molecule has 0 bridgehead atoms. The normalized spacial score (nSPS) is 12.0. The van der Waals surface area contributed by atoms with E-state index < -0.39 is 0 Å². The van der Waals surface area contributed by atoms with Crippen molar-refractivity contribution in [2.45, 2.75) is 0 Å². The average Bonchev–Trinajstić information content (AvgIpc) is 4.10. The smallest absolute Gasteiger partial charge is 0.122 e. The molecule has 13 rings (SSSR count). The van der Waals surface area contributed by atoms with Crippen LogP contribution in [0, 0.1) is 10.7 Å². The molecule has 282 valence electrons. The van der Waals surface area contributed by atoms with Gasteiger partial charge in [-0.1, -0.05) is 127 Å². The molecule has 0 atom stereocenters. The highest BCUT2D eigenvalue weighted by Gasteiger charge is 2.18. The van der Waals surface area contributed by atoms with Crippen molar-refractivity contribution in [1.82, 2.24) is 39.1 Å². The fraction of sp³-hybridized carbons (Fsp3) is 0. The van der Waals surface area contributed by atoms with Crippen LogP contribution >= 0.6 is 0 Å². The molecule has 0 radical (unpaired) electrons. The van der Waals surface area contributed by atoms with E-state index in [2.05, 4.69) is 218 Å². The van der Waals surface area contributed by atoms with E-state index >= 15 is 0 Å². The summed E-state index contributed by atoms with van der Waals surface area (Å²) in [5.74, 6) is 0. The molecule has 8 aromatic carbocycles. The van der Waals surface area contributed by atoms with Gasteiger partial charge < -0.3 is 9.13 Å². The molecule has 1 aliphatic heterocycles. The third-order valence-corrected chi connectivity index (χ3v) is 12.2. The highest BCUT2D eigenvalue weighted by Crippen LogP contribution is 2.35. The first-order valence-electron chi connectivity index (χ1n) is 20.2. The lowest BCUT2D eigenvalue weighted by Gasteiger charge is -2.11. The first-order valence-corrected chi connectivity index (χ1v) is 20.2. The lowest BCUT2D eigenvalue weighted by molar-refractivity contribution is 0.786. The number of fused-ring (bicyclic) bond motifs is 13. The third kappa shape index (κ3) is 4.61. The molecule has 2 N–H and O–H groups in total. The molecule has 0 saturated heterocycles. The zero-order valence-corrected chi connectivity index (χ0v) is 32.2. The quantitative estimate of drug-likeness (QED) is 0.187. The topological polar surface area (TPSA) is 77.1 Å². The number of nitrogens with one attached hydrogen (secondary N) is 2. The van der Waals surface area contributed by atoms with E-state index in [1.807, 2.05) is 4.68 Å². The molecular formula is C52H34N8. The zero-order chi connectivity index (χ0) is 39.3. The maximum atomic E-state index is 4.92. The minimum Gasteiger partial charge on any atom is -0.309 e. The monoisotopic (exact) mass is 770 g/mol. The second kappa shape index (κ2) is 12.6. The number of aromatic nitrogens is 8. The summed E-state index contributed by atoms with van der Waals surface area (Å²) in [6.07, 6.45) is 0. The SMILES string of the molecule is c1ccc2c(c1)c1[nH][nH]n(-c3ccc(-n4c5ccccc5c5ccccc54)cc3)c=1c1ccccc1c1c2nnn1-c1ccc(-n2c3ccccc3c3ccccc32)cc1. The van der Waals surface area contributed by atoms with Crippen molar-refractivity contribution >= 4 is 76.2 Å². The van der Waals surface area contributed by atoms with Crippen molar-refractivity contribution in [2.75, 3.05) is 0 Å². The van der Waals surface area contributed by atoms with Crippen molar-refractivity contribution in [2.24, 2.45) is 0 Å². The van der Waals surface area contributed by atoms with Crippen LogP contribution in [0.2, 0.25) is 0 Å². The van der Waals surface area contributed by atoms with Gasteiger partial charge in [0.2, 0.25) is 0 Å². The number of para-hydroxylation sites is 4. The molecule has 2 aliphatic rings. The highest BCUT2D eigenvalue weighted by atomic mass is 15.4. The number of aromatic amines is 2. The average molecular weight is 771 g/mol. The molecule has 1 aliphatic carbocycles. The van der Waals surface area contributed by atoms with Crippen molar-refractivity contribution in [3.63, 3.8) is 0 Å². The Kier molecular flexibility index (Phi) is 6.85. The Balaban J connectivity index is 1.02. The molecule has 8 heteroatoms. The maximum absolute atomic E-state index is 4.92. The van der Waals surface area contributed by atoms with E-state index in [9.17, 15) is 0 Å². The Labute approximate surface area is 341 Å². The number of nitrogens with zero attached hydrogens (tertiary/aromatic N) is 6. The van der Waals surface area contributed by atoms with E-state index in [1.165, 1.54) is 43.6 Å². The summed E-state index contributed by atoms with van der Waals surface area (Å²) >= 11 is 0. The number of H-pyrrole nitrogens is 2. The minimum absolute atomic E-state index is 0.826. The van der Waals surface area contributed by atoms with Crippen molar-refractivity contribution in [3.05, 3.63) is 205 Å². The van der Waals surface area contributed by atoms with Gasteiger partial charge >= 0.3 is 0 Å². The van der Waals surface area contributed by atoms with Crippen LogP contribution in [0.5, 0.6) is 0 Å². The van der Waals surface area contributed by atoms with Gasteiger partial charge in [0.05, 0.1) is 44.1 Å². The molecule has 4 heterocycles. The van der Waals surface area contributed by atoms with E-state index in [0.29, 0.717) is 0 Å². The predicted molar refractivity (Wildman–Crippen MR) is 244 cm³/mol. The van der Waals surface area contributed by atoms with Crippen LogP contribution in [0.25, 0.3) is 98.9 Å². The maximum Gasteiger partial charge on any atom is 0.122 e. The molecule has 8 nitrogen and oxygen atoms in total. The molecule has 0 spiro atoms. The number of hydrogen-bond acceptors (Lipinski definition) is 2. The minimum atomic E-state index is 0.826. The van der Waals surface area contributed by atoms with E-state index in [-0.39, 0.29) is 0 Å². The summed E-state index contributed by atoms with van der Waals surface area (Å²) < 4.78 is 8.83. The molecular weight excluding hydrogens is 737 g/mol. The van der Waals surface area contributed by atoms with Crippen LogP contribution in [0.15, 0.2) is 194 Å². The third-order valence-electron chi connectivity index (χ3n) is 12.2. The number of rotatable bonds is 4. The van der Waals surface area contributed by atoms with Crippen LogP contribution in [0.3, 0.4) is 0 Å². The van der Waals surface area contributed by atoms with Gasteiger partial charge in [0.1, 0.15) is 11.0 Å². The lowest BCUT2D eigenvalue weighted by atomic mass is 10.0. The van der Waals surface area contributed by atoms with E-state index in [4.69, 9.17) is 10.3 Å². The summed E-state index contributed by atoms with van der Waals surface area (Å²) in [7, 11) is 0. The zero-order valence-electron chi connectivity index (χ0n) is 32.2. The Morgan fingerprint density at radius 2 is 0.750 bits per heavy atom. The summed E-state index contributed by atoms with van der Waals surface area (Å²) in [5.41, 5.74) is 10.6. The molecule has 0 unspecified atom stereocenters. The fourth-order valence-corrected chi connectivity index (χ4v) is 9.57. The second-order valence-electron chi connectivity index (χ2n) is 15.4. The second-order valence-corrected chi connectivity index (χ2v) is 15.4. The predicted octanol–water partition coefficient (Wildman–Crippen LogP) is 12.2. The van der Waals surface area contributed by atoms with Gasteiger partial charge in [0.15, 0.2) is 0 Å². The largest absolute Gasteiger partial charge is 0.309 e. The van der Waals surface area contributed by atoms with E-state index in [1.54, 1.807) is 0 Å². The number of benzene rings is 8. The molecule has 0 fully saturated rings. The van der Waals surface area contributed by atoms with Gasteiger partial charge in [-0.2, -0.15) is 0 Å². The van der Waals surface area contributed by atoms with Crippen LogP contribution in [-0.4, -0.2) is 39.1 Å². The summed E-state index contributed by atoms with van der Waals surface area (Å²) in [5, 5.41) is 28.0. The van der Waals surface area contributed by atoms with Crippen molar-refractivity contribution in [3.8, 4) is 22.7 Å². The highest BCUT2D eigenvalue weighted by molar-refractivity contribution is 6.13. The summed E-state index contributed by atoms with van der Waals surface area (Å²) in [6, 6.07) is 68.9. The van der Waals surface area contributed by atoms with Crippen LogP contribution in [0.1, 0.15) is 0 Å². The van der Waals surface area contributed by atoms with Gasteiger partial charge in [0.25, 0.3) is 0 Å². The Bertz CT molecular complexity index is 3840. The van der Waals surface area contributed by atoms with E-state index in [0.717, 1.165) is 66.0 Å². The lowest BCUT2D eigenvalue weighted by Crippen LogP contribution is -2.01. The van der Waals surface area contributed by atoms with Crippen LogP contribution < -0.4 is 0 Å². The van der Waals surface area contributed by atoms with Gasteiger partial charge in [-0.05, 0) is 72.8 Å². The Morgan fingerprint density at radius 1 is 0.350 bits per heavy atom. The molecule has 0 amide bonds. The van der Waals surface area contributed by atoms with Gasteiger partial charge in [-0.25, -0.2) is 14.6 Å². The first kappa shape index (κ1) is 32.7. The molecule has 60 heavy (non-hydrogen) atoms. The molecule has 0 saturated carbocycles. The van der Waals surface area contributed by atoms with Gasteiger partial charge in [-0.3, -0.25) is 5.10 Å². The molecule has 3 aromatic heterocycles. The van der Waals surface area contributed by atoms with Gasteiger partial charge in [0, 0.05) is 54.5 Å². The van der Waals surface area contributed by atoms with Crippen molar-refractivity contribution < 1.29 is 0 Å². The Hall–Kier alpha value is -8.36. The van der Waals surface area contributed by atoms with Crippen LogP contribution in [0.4, 0.5) is 0 Å².